The summed E-state index contributed by atoms with van der Waals surface area (Å²) in [6, 6.07) is 21.4. The van der Waals surface area contributed by atoms with E-state index in [4.69, 9.17) is 5.73 Å². The SMILES string of the molecule is N#Cc1c(N)nc(SCc2nc3ccccc3[nH]2)c(C#N)c1-c1ccccc1. The Bertz CT molecular complexity index is 1210. The number of nitriles is 2. The number of hydrogen-bond donors (Lipinski definition) is 2. The molecule has 0 amide bonds. The highest BCUT2D eigenvalue weighted by molar-refractivity contribution is 7.98. The van der Waals surface area contributed by atoms with Gasteiger partial charge in [0, 0.05) is 5.56 Å². The highest BCUT2D eigenvalue weighted by atomic mass is 32.2. The number of pyridine rings is 1. The Morgan fingerprint density at radius 2 is 1.64 bits per heavy atom. The molecule has 0 saturated carbocycles. The summed E-state index contributed by atoms with van der Waals surface area (Å²) < 4.78 is 0. The van der Waals surface area contributed by atoms with Gasteiger partial charge >= 0.3 is 0 Å². The number of nitrogens with two attached hydrogens (primary N) is 1. The molecule has 2 aromatic heterocycles. The number of para-hydroxylation sites is 2. The predicted molar refractivity (Wildman–Crippen MR) is 109 cm³/mol. The summed E-state index contributed by atoms with van der Waals surface area (Å²) >= 11 is 1.37. The van der Waals surface area contributed by atoms with Gasteiger partial charge in [0.1, 0.15) is 34.4 Å². The quantitative estimate of drug-likeness (QED) is 0.510. The van der Waals surface area contributed by atoms with Crippen LogP contribution in [0.4, 0.5) is 5.82 Å². The second-order valence-electron chi connectivity index (χ2n) is 6.01. The first-order valence-corrected chi connectivity index (χ1v) is 9.45. The predicted octanol–water partition coefficient (Wildman–Crippen LogP) is 4.24. The van der Waals surface area contributed by atoms with E-state index in [1.165, 1.54) is 11.8 Å². The van der Waals surface area contributed by atoms with Gasteiger partial charge in [-0.2, -0.15) is 10.5 Å². The average Bonchev–Trinajstić information content (AvgIpc) is 3.15. The lowest BCUT2D eigenvalue weighted by Gasteiger charge is -2.12. The molecule has 0 aliphatic heterocycles. The van der Waals surface area contributed by atoms with Crippen LogP contribution in [0.2, 0.25) is 0 Å². The van der Waals surface area contributed by atoms with Gasteiger partial charge < -0.3 is 10.7 Å². The Balaban J connectivity index is 1.76. The highest BCUT2D eigenvalue weighted by Gasteiger charge is 2.20. The molecular formula is C21H14N6S. The van der Waals surface area contributed by atoms with Crippen LogP contribution in [0.15, 0.2) is 59.6 Å². The van der Waals surface area contributed by atoms with Crippen molar-refractivity contribution in [2.24, 2.45) is 0 Å². The normalized spacial score (nSPS) is 10.5. The van der Waals surface area contributed by atoms with E-state index in [9.17, 15) is 10.5 Å². The van der Waals surface area contributed by atoms with Crippen LogP contribution >= 0.6 is 11.8 Å². The molecule has 134 valence electrons. The van der Waals surface area contributed by atoms with E-state index in [2.05, 4.69) is 27.1 Å². The summed E-state index contributed by atoms with van der Waals surface area (Å²) in [5, 5.41) is 19.8. The van der Waals surface area contributed by atoms with Crippen molar-refractivity contribution >= 4 is 28.6 Å². The molecule has 0 aliphatic carbocycles. The molecule has 0 saturated heterocycles. The Kier molecular flexibility index (Phi) is 4.67. The van der Waals surface area contributed by atoms with Crippen molar-refractivity contribution in [1.82, 2.24) is 15.0 Å². The van der Waals surface area contributed by atoms with E-state index in [0.717, 1.165) is 22.4 Å². The maximum Gasteiger partial charge on any atom is 0.143 e. The summed E-state index contributed by atoms with van der Waals surface area (Å²) in [6.07, 6.45) is 0. The summed E-state index contributed by atoms with van der Waals surface area (Å²) in [4.78, 5) is 12.1. The zero-order chi connectivity index (χ0) is 19.5. The number of benzene rings is 2. The number of rotatable bonds is 4. The Labute approximate surface area is 165 Å². The zero-order valence-electron chi connectivity index (χ0n) is 14.7. The fourth-order valence-electron chi connectivity index (χ4n) is 3.01. The van der Waals surface area contributed by atoms with Gasteiger partial charge in [0.2, 0.25) is 0 Å². The summed E-state index contributed by atoms with van der Waals surface area (Å²) in [5.74, 6) is 1.39. The minimum Gasteiger partial charge on any atom is -0.383 e. The van der Waals surface area contributed by atoms with E-state index in [1.54, 1.807) is 0 Å². The van der Waals surface area contributed by atoms with Crippen LogP contribution in [0.5, 0.6) is 0 Å². The lowest BCUT2D eigenvalue weighted by Crippen LogP contribution is -2.03. The number of anilines is 1. The molecule has 28 heavy (non-hydrogen) atoms. The van der Waals surface area contributed by atoms with Gasteiger partial charge in [-0.3, -0.25) is 0 Å². The summed E-state index contributed by atoms with van der Waals surface area (Å²) in [5.41, 5.74) is 9.73. The van der Waals surface area contributed by atoms with Crippen LogP contribution in [0.25, 0.3) is 22.2 Å². The lowest BCUT2D eigenvalue weighted by atomic mass is 9.97. The van der Waals surface area contributed by atoms with Crippen molar-refractivity contribution in [3.63, 3.8) is 0 Å². The smallest absolute Gasteiger partial charge is 0.143 e. The third kappa shape index (κ3) is 3.16. The number of nitrogen functional groups attached to an aromatic ring is 1. The van der Waals surface area contributed by atoms with E-state index in [-0.39, 0.29) is 11.4 Å². The van der Waals surface area contributed by atoms with Gasteiger partial charge in [0.25, 0.3) is 0 Å². The van der Waals surface area contributed by atoms with Crippen LogP contribution in [-0.2, 0) is 5.75 Å². The number of imidazole rings is 1. The van der Waals surface area contributed by atoms with Gasteiger partial charge in [0.05, 0.1) is 22.3 Å². The monoisotopic (exact) mass is 382 g/mol. The number of nitrogens with one attached hydrogen (secondary N) is 1. The molecule has 0 unspecified atom stereocenters. The first kappa shape index (κ1) is 17.6. The van der Waals surface area contributed by atoms with E-state index >= 15 is 0 Å². The maximum absolute atomic E-state index is 9.81. The molecule has 2 heterocycles. The third-order valence-electron chi connectivity index (χ3n) is 4.26. The van der Waals surface area contributed by atoms with Gasteiger partial charge in [-0.1, -0.05) is 54.2 Å². The van der Waals surface area contributed by atoms with Crippen molar-refractivity contribution in [3.05, 3.63) is 71.5 Å². The fourth-order valence-corrected chi connectivity index (χ4v) is 3.87. The number of aromatic nitrogens is 3. The molecule has 6 nitrogen and oxygen atoms in total. The number of H-pyrrole nitrogens is 1. The molecule has 0 aliphatic rings. The highest BCUT2D eigenvalue weighted by Crippen LogP contribution is 2.36. The van der Waals surface area contributed by atoms with Crippen LogP contribution in [0, 0.1) is 22.7 Å². The van der Waals surface area contributed by atoms with Crippen LogP contribution in [0.3, 0.4) is 0 Å². The van der Waals surface area contributed by atoms with Gasteiger partial charge in [-0.05, 0) is 17.7 Å². The summed E-state index contributed by atoms with van der Waals surface area (Å²) in [7, 11) is 0. The molecule has 0 fully saturated rings. The number of nitrogens with zero attached hydrogens (tertiary/aromatic N) is 4. The van der Waals surface area contributed by atoms with Gasteiger partial charge in [-0.25, -0.2) is 9.97 Å². The Morgan fingerprint density at radius 3 is 2.36 bits per heavy atom. The van der Waals surface area contributed by atoms with E-state index in [0.29, 0.717) is 21.9 Å². The molecule has 2 aromatic carbocycles. The molecule has 7 heteroatoms. The van der Waals surface area contributed by atoms with Crippen molar-refractivity contribution in [3.8, 4) is 23.3 Å². The molecular weight excluding hydrogens is 368 g/mol. The Morgan fingerprint density at radius 1 is 0.929 bits per heavy atom. The number of hydrogen-bond acceptors (Lipinski definition) is 6. The first-order chi connectivity index (χ1) is 13.7. The lowest BCUT2D eigenvalue weighted by molar-refractivity contribution is 1.09. The Hall–Kier alpha value is -3.81. The second kappa shape index (κ2) is 7.43. The number of aromatic amines is 1. The molecule has 4 rings (SSSR count). The second-order valence-corrected chi connectivity index (χ2v) is 6.97. The summed E-state index contributed by atoms with van der Waals surface area (Å²) in [6.45, 7) is 0. The zero-order valence-corrected chi connectivity index (χ0v) is 15.5. The molecule has 0 radical (unpaired) electrons. The van der Waals surface area contributed by atoms with Gasteiger partial charge in [-0.15, -0.1) is 0 Å². The van der Waals surface area contributed by atoms with Crippen molar-refractivity contribution in [2.45, 2.75) is 10.8 Å². The largest absolute Gasteiger partial charge is 0.383 e. The minimum atomic E-state index is 0.118. The molecule has 3 N–H and O–H groups in total. The number of thioether (sulfide) groups is 1. The average molecular weight is 382 g/mol. The molecule has 0 bridgehead atoms. The topological polar surface area (TPSA) is 115 Å². The van der Waals surface area contributed by atoms with Crippen LogP contribution in [0.1, 0.15) is 17.0 Å². The first-order valence-electron chi connectivity index (χ1n) is 8.46. The standard InChI is InChI=1S/C21H14N6S/c22-10-14-19(13-6-2-1-3-7-13)15(11-23)21(27-20(14)24)28-12-18-25-16-8-4-5-9-17(16)26-18/h1-9H,12H2,(H2,24,27)(H,25,26). The number of fused-ring (bicyclic) bond motifs is 1. The van der Waals surface area contributed by atoms with Crippen molar-refractivity contribution in [1.29, 1.82) is 10.5 Å². The van der Waals surface area contributed by atoms with Gasteiger partial charge in [0.15, 0.2) is 0 Å². The molecule has 4 aromatic rings. The molecule has 0 atom stereocenters. The van der Waals surface area contributed by atoms with Crippen LogP contribution < -0.4 is 5.73 Å². The van der Waals surface area contributed by atoms with E-state index in [1.807, 2.05) is 54.6 Å². The van der Waals surface area contributed by atoms with E-state index < -0.39 is 0 Å². The maximum atomic E-state index is 9.81. The van der Waals surface area contributed by atoms with Crippen molar-refractivity contribution in [2.75, 3.05) is 5.73 Å². The van der Waals surface area contributed by atoms with Crippen LogP contribution in [-0.4, -0.2) is 15.0 Å². The molecule has 0 spiro atoms. The fraction of sp³-hybridized carbons (Fsp3) is 0.0476. The van der Waals surface area contributed by atoms with Crippen molar-refractivity contribution < 1.29 is 0 Å². The minimum absolute atomic E-state index is 0.118. The third-order valence-corrected chi connectivity index (χ3v) is 5.25.